The Hall–Kier alpha value is -1.42. The minimum atomic E-state index is -2.74. The van der Waals surface area contributed by atoms with Gasteiger partial charge in [0, 0.05) is 12.7 Å². The Balaban J connectivity index is 2.47. The van der Waals surface area contributed by atoms with E-state index in [1.807, 2.05) is 0 Å². The molecule has 1 unspecified atom stereocenters. The van der Waals surface area contributed by atoms with Crippen molar-refractivity contribution in [2.45, 2.75) is 59.5 Å². The van der Waals surface area contributed by atoms with E-state index in [-0.39, 0.29) is 6.10 Å². The predicted octanol–water partition coefficient (Wildman–Crippen LogP) is 4.90. The molecule has 1 atom stereocenters. The van der Waals surface area contributed by atoms with E-state index in [0.717, 1.165) is 19.4 Å². The quantitative estimate of drug-likeness (QED) is 0.414. The molecule has 0 aliphatic rings. The van der Waals surface area contributed by atoms with Crippen molar-refractivity contribution >= 4 is 18.9 Å². The molecular formula is C23H34O2Si. The zero-order chi connectivity index (χ0) is 18.8. The number of unbranched alkanes of at least 4 members (excludes halogenated alkanes) is 2. The summed E-state index contributed by atoms with van der Waals surface area (Å²) in [5, 5.41) is 2.39. The van der Waals surface area contributed by atoms with E-state index in [2.05, 4.69) is 88.4 Å². The lowest BCUT2D eigenvalue weighted by atomic mass is 10.1. The topological polar surface area (TPSA) is 18.5 Å². The Morgan fingerprint density at radius 2 is 1.35 bits per heavy atom. The second-order valence-electron chi connectivity index (χ2n) is 7.21. The molecule has 0 aliphatic heterocycles. The van der Waals surface area contributed by atoms with Gasteiger partial charge in [-0.3, -0.25) is 0 Å². The third-order valence-corrected chi connectivity index (χ3v) is 8.26. The zero-order valence-electron chi connectivity index (χ0n) is 16.8. The van der Waals surface area contributed by atoms with E-state index in [9.17, 15) is 0 Å². The van der Waals surface area contributed by atoms with Gasteiger partial charge in [0.25, 0.3) is 0 Å². The van der Waals surface area contributed by atoms with Crippen molar-refractivity contribution in [3.05, 3.63) is 60.7 Å². The Kier molecular flexibility index (Phi) is 8.56. The maximum absolute atomic E-state index is 6.92. The number of rotatable bonds is 11. The van der Waals surface area contributed by atoms with Crippen molar-refractivity contribution in [2.75, 3.05) is 6.61 Å². The second kappa shape index (κ2) is 10.7. The maximum atomic E-state index is 6.92. The summed E-state index contributed by atoms with van der Waals surface area (Å²) in [6.07, 6.45) is 4.64. The van der Waals surface area contributed by atoms with E-state index in [1.165, 1.54) is 23.2 Å². The molecule has 0 amide bonds. The third-order valence-electron chi connectivity index (χ3n) is 4.82. The van der Waals surface area contributed by atoms with Crippen LogP contribution in [0.25, 0.3) is 0 Å². The largest absolute Gasteiger partial charge is 0.407 e. The van der Waals surface area contributed by atoms with Crippen LogP contribution < -0.4 is 10.4 Å². The van der Waals surface area contributed by atoms with Crippen LogP contribution in [0.1, 0.15) is 53.4 Å². The summed E-state index contributed by atoms with van der Waals surface area (Å²) >= 11 is 0. The van der Waals surface area contributed by atoms with Crippen LogP contribution in [0.15, 0.2) is 60.7 Å². The number of hydrogen-bond donors (Lipinski definition) is 0. The summed E-state index contributed by atoms with van der Waals surface area (Å²) in [6.45, 7) is 9.65. The molecule has 2 aromatic carbocycles. The van der Waals surface area contributed by atoms with Gasteiger partial charge in [0.05, 0.1) is 0 Å². The van der Waals surface area contributed by atoms with Gasteiger partial charge in [0.1, 0.15) is 0 Å². The number of benzene rings is 2. The summed E-state index contributed by atoms with van der Waals surface area (Å²) in [7, 11) is -2.74. The van der Waals surface area contributed by atoms with Gasteiger partial charge in [-0.2, -0.15) is 0 Å². The van der Waals surface area contributed by atoms with Gasteiger partial charge >= 0.3 is 8.56 Å². The number of hydrogen-bond acceptors (Lipinski definition) is 2. The molecule has 0 N–H and O–H groups in total. The molecule has 142 valence electrons. The average molecular weight is 371 g/mol. The maximum Gasteiger partial charge on any atom is 0.407 e. The molecule has 26 heavy (non-hydrogen) atoms. The van der Waals surface area contributed by atoms with Crippen LogP contribution in [-0.2, 0) is 8.85 Å². The summed E-state index contributed by atoms with van der Waals surface area (Å²) in [5.74, 6) is 0.457. The standard InChI is InChI=1S/C23H34O2Si/c1-5-7-14-19-24-26(21-15-10-8-11-16-21,22-17-12-9-13-18-22)25-23(6-2)20(3)4/h8-13,15-18,20,23H,5-7,14,19H2,1-4H3. The molecule has 0 bridgehead atoms. The highest BCUT2D eigenvalue weighted by Gasteiger charge is 2.44. The highest BCUT2D eigenvalue weighted by Crippen LogP contribution is 2.20. The molecule has 0 radical (unpaired) electrons. The van der Waals surface area contributed by atoms with Crippen molar-refractivity contribution in [3.63, 3.8) is 0 Å². The molecule has 2 aromatic rings. The zero-order valence-corrected chi connectivity index (χ0v) is 17.8. The van der Waals surface area contributed by atoms with Gasteiger partial charge in [-0.1, -0.05) is 101 Å². The van der Waals surface area contributed by atoms with Gasteiger partial charge in [-0.25, -0.2) is 0 Å². The Bertz CT molecular complexity index is 573. The first-order valence-electron chi connectivity index (χ1n) is 10.1. The first-order chi connectivity index (χ1) is 12.6. The van der Waals surface area contributed by atoms with Crippen molar-refractivity contribution in [3.8, 4) is 0 Å². The van der Waals surface area contributed by atoms with Gasteiger partial charge in [-0.15, -0.1) is 0 Å². The normalized spacial score (nSPS) is 13.1. The van der Waals surface area contributed by atoms with Crippen molar-refractivity contribution in [2.24, 2.45) is 5.92 Å². The average Bonchev–Trinajstić information content (AvgIpc) is 2.69. The Labute approximate surface area is 160 Å². The van der Waals surface area contributed by atoms with Crippen LogP contribution in [0.5, 0.6) is 0 Å². The smallest absolute Gasteiger partial charge is 0.388 e. The van der Waals surface area contributed by atoms with E-state index in [1.54, 1.807) is 0 Å². The van der Waals surface area contributed by atoms with E-state index in [0.29, 0.717) is 5.92 Å². The molecule has 0 aromatic heterocycles. The first kappa shape index (κ1) is 20.9. The molecule has 2 nitrogen and oxygen atoms in total. The SMILES string of the molecule is CCCCCO[Si](OC(CC)C(C)C)(c1ccccc1)c1ccccc1. The highest BCUT2D eigenvalue weighted by atomic mass is 28.4. The van der Waals surface area contributed by atoms with E-state index >= 15 is 0 Å². The summed E-state index contributed by atoms with van der Waals surface area (Å²) in [4.78, 5) is 0. The monoisotopic (exact) mass is 370 g/mol. The van der Waals surface area contributed by atoms with Crippen LogP contribution in [-0.4, -0.2) is 21.3 Å². The second-order valence-corrected chi connectivity index (χ2v) is 10.1. The fraction of sp³-hybridized carbons (Fsp3) is 0.478. The van der Waals surface area contributed by atoms with Crippen molar-refractivity contribution < 1.29 is 8.85 Å². The van der Waals surface area contributed by atoms with Gasteiger partial charge in [-0.05, 0) is 29.1 Å². The van der Waals surface area contributed by atoms with Crippen molar-refractivity contribution in [1.29, 1.82) is 0 Å². The Morgan fingerprint density at radius 1 is 0.808 bits per heavy atom. The first-order valence-corrected chi connectivity index (χ1v) is 11.9. The van der Waals surface area contributed by atoms with Crippen LogP contribution in [0, 0.1) is 5.92 Å². The van der Waals surface area contributed by atoms with Gasteiger partial charge in [0.15, 0.2) is 0 Å². The highest BCUT2D eigenvalue weighted by molar-refractivity contribution is 6.92. The molecule has 3 heteroatoms. The van der Waals surface area contributed by atoms with Crippen LogP contribution >= 0.6 is 0 Å². The van der Waals surface area contributed by atoms with E-state index < -0.39 is 8.56 Å². The predicted molar refractivity (Wildman–Crippen MR) is 113 cm³/mol. The lowest BCUT2D eigenvalue weighted by Crippen LogP contribution is -2.65. The lowest BCUT2D eigenvalue weighted by Gasteiger charge is -2.36. The van der Waals surface area contributed by atoms with E-state index in [4.69, 9.17) is 8.85 Å². The molecule has 2 rings (SSSR count). The fourth-order valence-electron chi connectivity index (χ4n) is 3.29. The third kappa shape index (κ3) is 5.29. The minimum absolute atomic E-state index is 0.188. The summed E-state index contributed by atoms with van der Waals surface area (Å²) in [5.41, 5.74) is 0. The molecule has 0 aliphatic carbocycles. The van der Waals surface area contributed by atoms with Crippen LogP contribution in [0.3, 0.4) is 0 Å². The molecular weight excluding hydrogens is 336 g/mol. The van der Waals surface area contributed by atoms with Crippen molar-refractivity contribution in [1.82, 2.24) is 0 Å². The molecule has 0 heterocycles. The van der Waals surface area contributed by atoms with Gasteiger partial charge < -0.3 is 8.85 Å². The molecule has 0 fully saturated rings. The van der Waals surface area contributed by atoms with Crippen LogP contribution in [0.2, 0.25) is 0 Å². The molecule has 0 spiro atoms. The molecule has 0 saturated heterocycles. The molecule has 0 saturated carbocycles. The fourth-order valence-corrected chi connectivity index (χ4v) is 6.86. The lowest BCUT2D eigenvalue weighted by molar-refractivity contribution is 0.0937. The summed E-state index contributed by atoms with van der Waals surface area (Å²) < 4.78 is 13.6. The van der Waals surface area contributed by atoms with Gasteiger partial charge in [0.2, 0.25) is 0 Å². The minimum Gasteiger partial charge on any atom is -0.388 e. The Morgan fingerprint density at radius 3 is 1.77 bits per heavy atom. The van der Waals surface area contributed by atoms with Crippen LogP contribution in [0.4, 0.5) is 0 Å². The summed E-state index contributed by atoms with van der Waals surface area (Å²) in [6, 6.07) is 21.2.